The van der Waals surface area contributed by atoms with Crippen LogP contribution in [0.4, 0.5) is 0 Å². The molecule has 3 rings (SSSR count). The minimum Gasteiger partial charge on any atom is -0.228 e. The summed E-state index contributed by atoms with van der Waals surface area (Å²) in [7, 11) is 0. The Labute approximate surface area is 137 Å². The van der Waals surface area contributed by atoms with E-state index in [1.807, 2.05) is 61.5 Å². The maximum Gasteiger partial charge on any atom is 0.161 e. The molecular weight excluding hydrogens is 348 g/mol. The van der Waals surface area contributed by atoms with E-state index in [2.05, 4.69) is 20.9 Å². The Morgan fingerprint density at radius 3 is 2.33 bits per heavy atom. The molecule has 2 aromatic carbocycles. The highest BCUT2D eigenvalue weighted by Crippen LogP contribution is 2.29. The van der Waals surface area contributed by atoms with Gasteiger partial charge >= 0.3 is 0 Å². The highest BCUT2D eigenvalue weighted by Gasteiger charge is 2.12. The zero-order valence-corrected chi connectivity index (χ0v) is 13.7. The van der Waals surface area contributed by atoms with Crippen LogP contribution in [-0.4, -0.2) is 9.97 Å². The predicted octanol–water partition coefficient (Wildman–Crippen LogP) is 5.53. The van der Waals surface area contributed by atoms with Gasteiger partial charge in [-0.05, 0) is 19.1 Å². The molecule has 21 heavy (non-hydrogen) atoms. The highest BCUT2D eigenvalue weighted by atomic mass is 79.9. The molecule has 0 N–H and O–H groups in total. The number of benzene rings is 2. The van der Waals surface area contributed by atoms with Gasteiger partial charge in [0.05, 0.1) is 5.69 Å². The zero-order valence-electron chi connectivity index (χ0n) is 11.3. The average Bonchev–Trinajstić information content (AvgIpc) is 2.51. The smallest absolute Gasteiger partial charge is 0.161 e. The van der Waals surface area contributed by atoms with Crippen LogP contribution in [0.2, 0.25) is 5.15 Å². The van der Waals surface area contributed by atoms with Crippen LogP contribution < -0.4 is 0 Å². The average molecular weight is 360 g/mol. The van der Waals surface area contributed by atoms with E-state index >= 15 is 0 Å². The second kappa shape index (κ2) is 5.96. The van der Waals surface area contributed by atoms with Gasteiger partial charge in [-0.25, -0.2) is 9.97 Å². The van der Waals surface area contributed by atoms with Gasteiger partial charge in [0.1, 0.15) is 5.15 Å². The van der Waals surface area contributed by atoms with E-state index in [0.29, 0.717) is 11.0 Å². The molecule has 0 saturated heterocycles. The van der Waals surface area contributed by atoms with Crippen molar-refractivity contribution in [3.63, 3.8) is 0 Å². The van der Waals surface area contributed by atoms with Gasteiger partial charge in [0.2, 0.25) is 0 Å². The molecular formula is C17H12BrClN2. The first-order chi connectivity index (χ1) is 10.1. The normalized spacial score (nSPS) is 10.6. The van der Waals surface area contributed by atoms with Crippen LogP contribution in [0.3, 0.4) is 0 Å². The van der Waals surface area contributed by atoms with Gasteiger partial charge in [-0.2, -0.15) is 0 Å². The highest BCUT2D eigenvalue weighted by molar-refractivity contribution is 9.10. The first kappa shape index (κ1) is 14.2. The second-order valence-electron chi connectivity index (χ2n) is 4.69. The molecule has 0 radical (unpaired) electrons. The van der Waals surface area contributed by atoms with E-state index < -0.39 is 0 Å². The van der Waals surface area contributed by atoms with Gasteiger partial charge < -0.3 is 0 Å². The molecule has 104 valence electrons. The molecule has 0 aliphatic heterocycles. The predicted molar refractivity (Wildman–Crippen MR) is 90.4 cm³/mol. The van der Waals surface area contributed by atoms with Gasteiger partial charge in [0.15, 0.2) is 5.82 Å². The van der Waals surface area contributed by atoms with Crippen LogP contribution in [0.15, 0.2) is 59.1 Å². The summed E-state index contributed by atoms with van der Waals surface area (Å²) in [5.74, 6) is 0.630. The fourth-order valence-electron chi connectivity index (χ4n) is 2.12. The molecule has 0 atom stereocenters. The maximum atomic E-state index is 6.30. The summed E-state index contributed by atoms with van der Waals surface area (Å²) in [5, 5.41) is 0.485. The number of rotatable bonds is 2. The second-order valence-corrected chi connectivity index (χ2v) is 5.96. The van der Waals surface area contributed by atoms with E-state index in [4.69, 9.17) is 16.6 Å². The third-order valence-electron chi connectivity index (χ3n) is 3.22. The molecule has 0 fully saturated rings. The number of halogens is 2. The standard InChI is InChI=1S/C17H12BrClN2/c1-11-15(12-6-3-2-4-7-12)20-17(21-16(11)19)13-8-5-9-14(18)10-13/h2-10H,1H3. The molecule has 2 nitrogen and oxygen atoms in total. The minimum atomic E-state index is 0.485. The van der Waals surface area contributed by atoms with Crippen molar-refractivity contribution in [2.24, 2.45) is 0 Å². The van der Waals surface area contributed by atoms with Gasteiger partial charge in [-0.1, -0.05) is 70.0 Å². The first-order valence-electron chi connectivity index (χ1n) is 6.50. The molecule has 0 saturated carbocycles. The monoisotopic (exact) mass is 358 g/mol. The van der Waals surface area contributed by atoms with Crippen molar-refractivity contribution >= 4 is 27.5 Å². The lowest BCUT2D eigenvalue weighted by molar-refractivity contribution is 1.14. The van der Waals surface area contributed by atoms with E-state index in [-0.39, 0.29) is 0 Å². The van der Waals surface area contributed by atoms with Crippen LogP contribution in [0, 0.1) is 6.92 Å². The van der Waals surface area contributed by atoms with E-state index in [9.17, 15) is 0 Å². The Hall–Kier alpha value is -1.71. The van der Waals surface area contributed by atoms with Gasteiger partial charge in [0, 0.05) is 21.2 Å². The Bertz CT molecular complexity index is 788. The van der Waals surface area contributed by atoms with Crippen LogP contribution in [0.25, 0.3) is 22.6 Å². The number of aromatic nitrogens is 2. The summed E-state index contributed by atoms with van der Waals surface area (Å²) in [6.07, 6.45) is 0. The Morgan fingerprint density at radius 1 is 0.905 bits per heavy atom. The number of nitrogens with zero attached hydrogens (tertiary/aromatic N) is 2. The molecule has 3 aromatic rings. The molecule has 0 aliphatic rings. The maximum absolute atomic E-state index is 6.30. The third-order valence-corrected chi connectivity index (χ3v) is 4.08. The summed E-state index contributed by atoms with van der Waals surface area (Å²) in [4.78, 5) is 9.10. The lowest BCUT2D eigenvalue weighted by Crippen LogP contribution is -1.97. The summed E-state index contributed by atoms with van der Waals surface area (Å²) < 4.78 is 0.988. The van der Waals surface area contributed by atoms with Gasteiger partial charge in [-0.15, -0.1) is 0 Å². The molecule has 1 heterocycles. The van der Waals surface area contributed by atoms with Crippen LogP contribution in [0.5, 0.6) is 0 Å². The van der Waals surface area contributed by atoms with Crippen molar-refractivity contribution in [1.29, 1.82) is 0 Å². The topological polar surface area (TPSA) is 25.8 Å². The SMILES string of the molecule is Cc1c(Cl)nc(-c2cccc(Br)c2)nc1-c1ccccc1. The third kappa shape index (κ3) is 2.99. The molecule has 0 amide bonds. The fraction of sp³-hybridized carbons (Fsp3) is 0.0588. The molecule has 0 bridgehead atoms. The van der Waals surface area contributed by atoms with Crippen molar-refractivity contribution in [1.82, 2.24) is 9.97 Å². The fourth-order valence-corrected chi connectivity index (χ4v) is 2.69. The summed E-state index contributed by atoms with van der Waals surface area (Å²) >= 11 is 9.76. The summed E-state index contributed by atoms with van der Waals surface area (Å²) in [6, 6.07) is 17.9. The van der Waals surface area contributed by atoms with E-state index in [1.165, 1.54) is 0 Å². The molecule has 0 aliphatic carbocycles. The first-order valence-corrected chi connectivity index (χ1v) is 7.68. The van der Waals surface area contributed by atoms with Gasteiger partial charge in [-0.3, -0.25) is 0 Å². The minimum absolute atomic E-state index is 0.485. The van der Waals surface area contributed by atoms with Crippen molar-refractivity contribution in [2.45, 2.75) is 6.92 Å². The largest absolute Gasteiger partial charge is 0.228 e. The van der Waals surface area contributed by atoms with Crippen molar-refractivity contribution in [2.75, 3.05) is 0 Å². The lowest BCUT2D eigenvalue weighted by atomic mass is 10.1. The quantitative estimate of drug-likeness (QED) is 0.562. The molecule has 1 aromatic heterocycles. The zero-order chi connectivity index (χ0) is 14.8. The Balaban J connectivity index is 2.19. The Kier molecular flexibility index (Phi) is 4.04. The summed E-state index contributed by atoms with van der Waals surface area (Å²) in [6.45, 7) is 1.94. The summed E-state index contributed by atoms with van der Waals surface area (Å²) in [5.41, 5.74) is 3.73. The number of hydrogen-bond donors (Lipinski definition) is 0. The van der Waals surface area contributed by atoms with Gasteiger partial charge in [0.25, 0.3) is 0 Å². The molecule has 0 unspecified atom stereocenters. The van der Waals surface area contributed by atoms with Crippen molar-refractivity contribution < 1.29 is 0 Å². The van der Waals surface area contributed by atoms with Crippen molar-refractivity contribution in [3.8, 4) is 22.6 Å². The van der Waals surface area contributed by atoms with Crippen LogP contribution in [0.1, 0.15) is 5.56 Å². The molecule has 4 heteroatoms. The van der Waals surface area contributed by atoms with E-state index in [0.717, 1.165) is 26.9 Å². The Morgan fingerprint density at radius 2 is 1.62 bits per heavy atom. The number of hydrogen-bond acceptors (Lipinski definition) is 2. The van der Waals surface area contributed by atoms with Crippen LogP contribution >= 0.6 is 27.5 Å². The van der Waals surface area contributed by atoms with Crippen LogP contribution in [-0.2, 0) is 0 Å². The lowest BCUT2D eigenvalue weighted by Gasteiger charge is -2.10. The van der Waals surface area contributed by atoms with Crippen molar-refractivity contribution in [3.05, 3.63) is 69.8 Å². The molecule has 0 spiro atoms. The van der Waals surface area contributed by atoms with E-state index in [1.54, 1.807) is 0 Å².